The van der Waals surface area contributed by atoms with Crippen molar-refractivity contribution in [1.82, 2.24) is 9.29 Å². The van der Waals surface area contributed by atoms with Crippen molar-refractivity contribution in [2.45, 2.75) is 30.2 Å². The third kappa shape index (κ3) is 3.19. The molecule has 1 unspecified atom stereocenters. The summed E-state index contributed by atoms with van der Waals surface area (Å²) in [5, 5.41) is 1.29. The molecule has 0 spiro atoms. The Morgan fingerprint density at radius 1 is 1.12 bits per heavy atom. The van der Waals surface area contributed by atoms with Crippen LogP contribution in [0.25, 0.3) is 10.2 Å². The van der Waals surface area contributed by atoms with Crippen molar-refractivity contribution in [2.75, 3.05) is 6.54 Å². The number of nitrogens with zero attached hydrogens (tertiary/aromatic N) is 2. The third-order valence-corrected chi connectivity index (χ3v) is 7.73. The SMILES string of the molecule is O=S(=O)(c1cccc(Cl)c1)N1CCCCC1c1nc2ccccc2s1. The lowest BCUT2D eigenvalue weighted by Gasteiger charge is -2.33. The normalized spacial score (nSPS) is 19.3. The van der Waals surface area contributed by atoms with Crippen molar-refractivity contribution in [3.8, 4) is 0 Å². The summed E-state index contributed by atoms with van der Waals surface area (Å²) in [6.45, 7) is 0.509. The summed E-state index contributed by atoms with van der Waals surface area (Å²) >= 11 is 7.58. The number of fused-ring (bicyclic) bond motifs is 1. The van der Waals surface area contributed by atoms with E-state index in [9.17, 15) is 8.42 Å². The Labute approximate surface area is 156 Å². The molecule has 2 aromatic carbocycles. The van der Waals surface area contributed by atoms with Crippen LogP contribution in [-0.4, -0.2) is 24.3 Å². The summed E-state index contributed by atoms with van der Waals surface area (Å²) in [4.78, 5) is 4.94. The molecule has 0 aliphatic carbocycles. The molecule has 0 radical (unpaired) electrons. The van der Waals surface area contributed by atoms with E-state index in [-0.39, 0.29) is 10.9 Å². The Kier molecular flexibility index (Phi) is 4.54. The predicted octanol–water partition coefficient (Wildman–Crippen LogP) is 4.87. The minimum Gasteiger partial charge on any atom is -0.239 e. The van der Waals surface area contributed by atoms with E-state index in [0.29, 0.717) is 11.6 Å². The van der Waals surface area contributed by atoms with E-state index in [1.807, 2.05) is 24.3 Å². The third-order valence-electron chi connectivity index (χ3n) is 4.45. The van der Waals surface area contributed by atoms with Gasteiger partial charge in [0, 0.05) is 11.6 Å². The lowest BCUT2D eigenvalue weighted by Crippen LogP contribution is -2.38. The van der Waals surface area contributed by atoms with Crippen LogP contribution in [0.15, 0.2) is 53.4 Å². The van der Waals surface area contributed by atoms with Gasteiger partial charge < -0.3 is 0 Å². The lowest BCUT2D eigenvalue weighted by atomic mass is 10.1. The maximum absolute atomic E-state index is 13.2. The largest absolute Gasteiger partial charge is 0.243 e. The molecule has 1 aliphatic heterocycles. The van der Waals surface area contributed by atoms with E-state index in [4.69, 9.17) is 16.6 Å². The highest BCUT2D eigenvalue weighted by Gasteiger charge is 2.36. The van der Waals surface area contributed by atoms with Gasteiger partial charge in [-0.1, -0.05) is 36.2 Å². The van der Waals surface area contributed by atoms with Crippen LogP contribution in [-0.2, 0) is 10.0 Å². The summed E-state index contributed by atoms with van der Waals surface area (Å²) in [5.41, 5.74) is 0.924. The molecule has 25 heavy (non-hydrogen) atoms. The topological polar surface area (TPSA) is 50.3 Å². The van der Waals surface area contributed by atoms with Gasteiger partial charge in [0.15, 0.2) is 0 Å². The molecule has 0 amide bonds. The minimum atomic E-state index is -3.60. The molecule has 1 aliphatic rings. The van der Waals surface area contributed by atoms with Gasteiger partial charge in [-0.25, -0.2) is 13.4 Å². The molecule has 1 atom stereocenters. The average Bonchev–Trinajstić information content (AvgIpc) is 3.06. The quantitative estimate of drug-likeness (QED) is 0.639. The number of halogens is 1. The molecule has 4 rings (SSSR count). The number of aromatic nitrogens is 1. The maximum atomic E-state index is 13.2. The first-order valence-electron chi connectivity index (χ1n) is 8.18. The maximum Gasteiger partial charge on any atom is 0.243 e. The molecule has 1 fully saturated rings. The van der Waals surface area contributed by atoms with Crippen LogP contribution in [0.2, 0.25) is 5.02 Å². The van der Waals surface area contributed by atoms with Gasteiger partial charge in [-0.3, -0.25) is 0 Å². The molecule has 0 N–H and O–H groups in total. The van der Waals surface area contributed by atoms with Crippen LogP contribution in [0.5, 0.6) is 0 Å². The monoisotopic (exact) mass is 392 g/mol. The Bertz CT molecular complexity index is 984. The molecular formula is C18H17ClN2O2S2. The second kappa shape index (κ2) is 6.68. The first-order valence-corrected chi connectivity index (χ1v) is 10.8. The molecule has 3 aromatic rings. The Morgan fingerprint density at radius 2 is 1.96 bits per heavy atom. The number of piperidine rings is 1. The van der Waals surface area contributed by atoms with Crippen molar-refractivity contribution >= 4 is 43.2 Å². The smallest absolute Gasteiger partial charge is 0.239 e. The van der Waals surface area contributed by atoms with E-state index in [2.05, 4.69) is 0 Å². The van der Waals surface area contributed by atoms with Gasteiger partial charge in [0.25, 0.3) is 0 Å². The molecule has 2 heterocycles. The van der Waals surface area contributed by atoms with Crippen LogP contribution in [0.1, 0.15) is 30.3 Å². The zero-order chi connectivity index (χ0) is 17.4. The van der Waals surface area contributed by atoms with E-state index in [1.165, 1.54) is 6.07 Å². The fraction of sp³-hybridized carbons (Fsp3) is 0.278. The van der Waals surface area contributed by atoms with Gasteiger partial charge in [-0.2, -0.15) is 4.31 Å². The molecular weight excluding hydrogens is 376 g/mol. The molecule has 130 valence electrons. The van der Waals surface area contributed by atoms with E-state index >= 15 is 0 Å². The predicted molar refractivity (Wildman–Crippen MR) is 102 cm³/mol. The number of hydrogen-bond donors (Lipinski definition) is 0. The number of thiazole rings is 1. The minimum absolute atomic E-state index is 0.213. The number of rotatable bonds is 3. The molecule has 1 aromatic heterocycles. The van der Waals surface area contributed by atoms with Crippen molar-refractivity contribution < 1.29 is 8.42 Å². The number of benzene rings is 2. The van der Waals surface area contributed by atoms with Crippen LogP contribution in [0, 0.1) is 0 Å². The fourth-order valence-corrected chi connectivity index (χ4v) is 6.38. The van der Waals surface area contributed by atoms with Crippen LogP contribution < -0.4 is 0 Å². The second-order valence-corrected chi connectivity index (χ2v) is 9.49. The summed E-state index contributed by atoms with van der Waals surface area (Å²) in [6.07, 6.45) is 2.66. The van der Waals surface area contributed by atoms with Gasteiger partial charge in [0.2, 0.25) is 10.0 Å². The van der Waals surface area contributed by atoms with E-state index in [0.717, 1.165) is 34.5 Å². The van der Waals surface area contributed by atoms with E-state index in [1.54, 1.807) is 33.8 Å². The van der Waals surface area contributed by atoms with Crippen LogP contribution in [0.3, 0.4) is 0 Å². The Hall–Kier alpha value is -1.47. The summed E-state index contributed by atoms with van der Waals surface area (Å²) in [6, 6.07) is 14.2. The number of sulfonamides is 1. The highest BCUT2D eigenvalue weighted by atomic mass is 35.5. The summed E-state index contributed by atoms with van der Waals surface area (Å²) in [5.74, 6) is 0. The fourth-order valence-electron chi connectivity index (χ4n) is 3.23. The Morgan fingerprint density at radius 3 is 2.76 bits per heavy atom. The van der Waals surface area contributed by atoms with Gasteiger partial charge in [0.05, 0.1) is 21.2 Å². The molecule has 0 bridgehead atoms. The van der Waals surface area contributed by atoms with Crippen LogP contribution >= 0.6 is 22.9 Å². The zero-order valence-electron chi connectivity index (χ0n) is 13.4. The standard InChI is InChI=1S/C18H17ClN2O2S2/c19-13-6-5-7-14(12-13)25(22,23)21-11-4-3-9-16(21)18-20-15-8-1-2-10-17(15)24-18/h1-2,5-8,10,12,16H,3-4,9,11H2. The molecule has 0 saturated carbocycles. The summed E-state index contributed by atoms with van der Waals surface area (Å²) < 4.78 is 29.0. The number of para-hydroxylation sites is 1. The van der Waals surface area contributed by atoms with Crippen LogP contribution in [0.4, 0.5) is 0 Å². The highest BCUT2D eigenvalue weighted by Crippen LogP contribution is 2.38. The van der Waals surface area contributed by atoms with Crippen molar-refractivity contribution in [2.24, 2.45) is 0 Å². The van der Waals surface area contributed by atoms with Crippen molar-refractivity contribution in [3.05, 3.63) is 58.6 Å². The van der Waals surface area contributed by atoms with Gasteiger partial charge >= 0.3 is 0 Å². The van der Waals surface area contributed by atoms with Crippen molar-refractivity contribution in [3.63, 3.8) is 0 Å². The average molecular weight is 393 g/mol. The molecule has 1 saturated heterocycles. The van der Waals surface area contributed by atoms with Gasteiger partial charge in [0.1, 0.15) is 5.01 Å². The molecule has 4 nitrogen and oxygen atoms in total. The highest BCUT2D eigenvalue weighted by molar-refractivity contribution is 7.89. The first kappa shape index (κ1) is 17.0. The number of hydrogen-bond acceptors (Lipinski definition) is 4. The lowest BCUT2D eigenvalue weighted by molar-refractivity contribution is 0.255. The second-order valence-electron chi connectivity index (χ2n) is 6.10. The van der Waals surface area contributed by atoms with Crippen molar-refractivity contribution in [1.29, 1.82) is 0 Å². The first-order chi connectivity index (χ1) is 12.1. The van der Waals surface area contributed by atoms with Gasteiger partial charge in [-0.15, -0.1) is 11.3 Å². The molecule has 7 heteroatoms. The Balaban J connectivity index is 1.76. The van der Waals surface area contributed by atoms with Gasteiger partial charge in [-0.05, 0) is 43.2 Å². The van der Waals surface area contributed by atoms with E-state index < -0.39 is 10.0 Å². The summed E-state index contributed by atoms with van der Waals surface area (Å²) in [7, 11) is -3.60. The zero-order valence-corrected chi connectivity index (χ0v) is 15.8.